The van der Waals surface area contributed by atoms with Crippen molar-refractivity contribution >= 4 is 0 Å². The first-order valence-corrected chi connectivity index (χ1v) is 7.93. The summed E-state index contributed by atoms with van der Waals surface area (Å²) in [6.07, 6.45) is 2.09. The Hall–Kier alpha value is -1.30. The normalized spacial score (nSPS) is 22.5. The molecule has 0 spiro atoms. The average molecular weight is 309 g/mol. The predicted molar refractivity (Wildman–Crippen MR) is 85.6 cm³/mol. The smallest absolute Gasteiger partial charge is 0.161 e. The van der Waals surface area contributed by atoms with E-state index in [9.17, 15) is 5.11 Å². The number of aliphatic hydroxyl groups is 1. The summed E-state index contributed by atoms with van der Waals surface area (Å²) >= 11 is 0. The maximum Gasteiger partial charge on any atom is 0.161 e. The largest absolute Gasteiger partial charge is 0.493 e. The van der Waals surface area contributed by atoms with E-state index in [4.69, 9.17) is 14.2 Å². The van der Waals surface area contributed by atoms with Gasteiger partial charge in [-0.05, 0) is 30.7 Å². The first kappa shape index (κ1) is 17.1. The number of morpholine rings is 1. The van der Waals surface area contributed by atoms with Crippen LogP contribution in [0, 0.1) is 0 Å². The molecule has 124 valence electrons. The molecular weight excluding hydrogens is 282 g/mol. The molecule has 0 aliphatic carbocycles. The van der Waals surface area contributed by atoms with Gasteiger partial charge in [-0.3, -0.25) is 4.90 Å². The van der Waals surface area contributed by atoms with Gasteiger partial charge < -0.3 is 19.3 Å². The predicted octanol–water partition coefficient (Wildman–Crippen LogP) is 2.24. The SMILES string of the molecule is CCCCN1CCO[C@H](CO)[C@H]1c1ccc(OC)c(OC)c1. The fourth-order valence-corrected chi connectivity index (χ4v) is 3.01. The Morgan fingerprint density at radius 3 is 2.68 bits per heavy atom. The van der Waals surface area contributed by atoms with E-state index in [1.807, 2.05) is 18.2 Å². The third-order valence-corrected chi connectivity index (χ3v) is 4.18. The maximum atomic E-state index is 9.69. The molecule has 0 amide bonds. The molecule has 1 N–H and O–H groups in total. The Morgan fingerprint density at radius 2 is 2.05 bits per heavy atom. The highest BCUT2D eigenvalue weighted by molar-refractivity contribution is 5.44. The zero-order chi connectivity index (χ0) is 15.9. The summed E-state index contributed by atoms with van der Waals surface area (Å²) < 4.78 is 16.5. The fraction of sp³-hybridized carbons (Fsp3) is 0.647. The number of unbranched alkanes of at least 4 members (excludes halogenated alkanes) is 1. The summed E-state index contributed by atoms with van der Waals surface area (Å²) in [5.41, 5.74) is 1.09. The van der Waals surface area contributed by atoms with Crippen molar-refractivity contribution in [2.75, 3.05) is 40.5 Å². The van der Waals surface area contributed by atoms with Crippen LogP contribution in [0.5, 0.6) is 11.5 Å². The number of rotatable bonds is 7. The summed E-state index contributed by atoms with van der Waals surface area (Å²) in [6, 6.07) is 5.97. The summed E-state index contributed by atoms with van der Waals surface area (Å²) in [5, 5.41) is 9.69. The average Bonchev–Trinajstić information content (AvgIpc) is 2.58. The Bertz CT molecular complexity index is 466. The van der Waals surface area contributed by atoms with E-state index in [1.165, 1.54) is 0 Å². The molecule has 1 fully saturated rings. The van der Waals surface area contributed by atoms with Crippen LogP contribution >= 0.6 is 0 Å². The quantitative estimate of drug-likeness (QED) is 0.837. The molecule has 1 saturated heterocycles. The van der Waals surface area contributed by atoms with Crippen LogP contribution in [0.3, 0.4) is 0 Å². The van der Waals surface area contributed by atoms with Crippen LogP contribution in [0.2, 0.25) is 0 Å². The molecule has 1 aromatic carbocycles. The van der Waals surface area contributed by atoms with Gasteiger partial charge in [-0.25, -0.2) is 0 Å². The van der Waals surface area contributed by atoms with Gasteiger partial charge in [0.2, 0.25) is 0 Å². The van der Waals surface area contributed by atoms with E-state index in [-0.39, 0.29) is 18.8 Å². The van der Waals surface area contributed by atoms with Crippen molar-refractivity contribution in [3.63, 3.8) is 0 Å². The molecule has 0 radical (unpaired) electrons. The highest BCUT2D eigenvalue weighted by Crippen LogP contribution is 2.35. The van der Waals surface area contributed by atoms with Gasteiger partial charge in [0, 0.05) is 6.54 Å². The van der Waals surface area contributed by atoms with Gasteiger partial charge in [0.1, 0.15) is 6.10 Å². The van der Waals surface area contributed by atoms with Crippen LogP contribution in [-0.4, -0.2) is 56.6 Å². The van der Waals surface area contributed by atoms with E-state index in [0.29, 0.717) is 18.1 Å². The molecule has 0 saturated carbocycles. The summed E-state index contributed by atoms with van der Waals surface area (Å²) in [7, 11) is 3.27. The van der Waals surface area contributed by atoms with Crippen molar-refractivity contribution in [3.8, 4) is 11.5 Å². The lowest BCUT2D eigenvalue weighted by molar-refractivity contribution is -0.0933. The van der Waals surface area contributed by atoms with Crippen LogP contribution in [-0.2, 0) is 4.74 Å². The molecule has 1 aromatic rings. The molecule has 1 aliphatic rings. The van der Waals surface area contributed by atoms with E-state index in [2.05, 4.69) is 11.8 Å². The Balaban J connectivity index is 2.30. The lowest BCUT2D eigenvalue weighted by Crippen LogP contribution is -2.47. The minimum absolute atomic E-state index is 0.0155. The second-order valence-electron chi connectivity index (χ2n) is 5.54. The number of ether oxygens (including phenoxy) is 3. The first-order chi connectivity index (χ1) is 10.7. The third kappa shape index (κ3) is 3.72. The molecule has 22 heavy (non-hydrogen) atoms. The topological polar surface area (TPSA) is 51.2 Å². The van der Waals surface area contributed by atoms with Gasteiger partial charge in [-0.15, -0.1) is 0 Å². The Labute approximate surface area is 132 Å². The van der Waals surface area contributed by atoms with E-state index in [0.717, 1.165) is 31.5 Å². The van der Waals surface area contributed by atoms with Gasteiger partial charge in [0.05, 0.1) is 33.5 Å². The van der Waals surface area contributed by atoms with Gasteiger partial charge in [0.15, 0.2) is 11.5 Å². The summed E-state index contributed by atoms with van der Waals surface area (Å²) in [6.45, 7) is 4.76. The van der Waals surface area contributed by atoms with Crippen LogP contribution in [0.4, 0.5) is 0 Å². The monoisotopic (exact) mass is 309 g/mol. The molecule has 5 heteroatoms. The maximum absolute atomic E-state index is 9.69. The van der Waals surface area contributed by atoms with Gasteiger partial charge >= 0.3 is 0 Å². The van der Waals surface area contributed by atoms with Gasteiger partial charge in [-0.2, -0.15) is 0 Å². The van der Waals surface area contributed by atoms with E-state index >= 15 is 0 Å². The molecule has 5 nitrogen and oxygen atoms in total. The van der Waals surface area contributed by atoms with Crippen molar-refractivity contribution < 1.29 is 19.3 Å². The lowest BCUT2D eigenvalue weighted by atomic mass is 9.97. The van der Waals surface area contributed by atoms with E-state index < -0.39 is 0 Å². The standard InChI is InChI=1S/C17H27NO4/c1-4-5-8-18-9-10-22-16(12-19)17(18)13-6-7-14(20-2)15(11-13)21-3/h6-7,11,16-17,19H,4-5,8-10,12H2,1-3H3/t16-,17-/m1/s1. The molecule has 2 atom stereocenters. The van der Waals surface area contributed by atoms with Crippen LogP contribution < -0.4 is 9.47 Å². The number of methoxy groups -OCH3 is 2. The zero-order valence-corrected chi connectivity index (χ0v) is 13.7. The molecule has 1 heterocycles. The molecule has 0 unspecified atom stereocenters. The van der Waals surface area contributed by atoms with Crippen molar-refractivity contribution in [2.45, 2.75) is 31.9 Å². The fourth-order valence-electron chi connectivity index (χ4n) is 3.01. The molecule has 2 rings (SSSR count). The Kier molecular flexibility index (Phi) is 6.49. The molecule has 1 aliphatic heterocycles. The summed E-state index contributed by atoms with van der Waals surface area (Å²) in [5.74, 6) is 1.42. The van der Waals surface area contributed by atoms with Crippen molar-refractivity contribution in [1.82, 2.24) is 4.90 Å². The second kappa shape index (κ2) is 8.36. The second-order valence-corrected chi connectivity index (χ2v) is 5.54. The zero-order valence-electron chi connectivity index (χ0n) is 13.7. The number of hydrogen-bond donors (Lipinski definition) is 1. The van der Waals surface area contributed by atoms with Crippen LogP contribution in [0.15, 0.2) is 18.2 Å². The van der Waals surface area contributed by atoms with Crippen molar-refractivity contribution in [2.24, 2.45) is 0 Å². The summed E-state index contributed by atoms with van der Waals surface area (Å²) in [4.78, 5) is 2.40. The highest BCUT2D eigenvalue weighted by atomic mass is 16.5. The van der Waals surface area contributed by atoms with Gasteiger partial charge in [0.25, 0.3) is 0 Å². The molecular formula is C17H27NO4. The number of hydrogen-bond acceptors (Lipinski definition) is 5. The van der Waals surface area contributed by atoms with Crippen LogP contribution in [0.1, 0.15) is 31.4 Å². The number of aliphatic hydroxyl groups excluding tert-OH is 1. The van der Waals surface area contributed by atoms with Crippen LogP contribution in [0.25, 0.3) is 0 Å². The minimum Gasteiger partial charge on any atom is -0.493 e. The number of nitrogens with zero attached hydrogens (tertiary/aromatic N) is 1. The highest BCUT2D eigenvalue weighted by Gasteiger charge is 2.33. The lowest BCUT2D eigenvalue weighted by Gasteiger charge is -2.41. The third-order valence-electron chi connectivity index (χ3n) is 4.18. The van der Waals surface area contributed by atoms with E-state index in [1.54, 1.807) is 14.2 Å². The minimum atomic E-state index is -0.205. The molecule has 0 aromatic heterocycles. The Morgan fingerprint density at radius 1 is 1.27 bits per heavy atom. The van der Waals surface area contributed by atoms with Crippen molar-refractivity contribution in [3.05, 3.63) is 23.8 Å². The van der Waals surface area contributed by atoms with Crippen molar-refractivity contribution in [1.29, 1.82) is 0 Å². The molecule has 0 bridgehead atoms. The number of benzene rings is 1. The van der Waals surface area contributed by atoms with Gasteiger partial charge in [-0.1, -0.05) is 19.4 Å². The first-order valence-electron chi connectivity index (χ1n) is 7.93.